The van der Waals surface area contributed by atoms with Crippen LogP contribution in [-0.2, 0) is 22.1 Å². The number of morpholine rings is 1. The highest BCUT2D eigenvalue weighted by Crippen LogP contribution is 2.33. The molecule has 3 N–H and O–H groups in total. The number of nitrogen functional groups attached to an aromatic ring is 1. The van der Waals surface area contributed by atoms with Crippen LogP contribution in [0.1, 0.15) is 15.9 Å². The number of aromatic nitrogens is 1. The fourth-order valence-electron chi connectivity index (χ4n) is 4.15. The summed E-state index contributed by atoms with van der Waals surface area (Å²) in [6, 6.07) is 14.1. The Balaban J connectivity index is 1.47. The highest BCUT2D eigenvalue weighted by Gasteiger charge is 2.20. The maximum atomic E-state index is 14.8. The minimum absolute atomic E-state index is 0.0847. The van der Waals surface area contributed by atoms with Gasteiger partial charge in [-0.05, 0) is 47.4 Å². The van der Waals surface area contributed by atoms with E-state index in [1.165, 1.54) is 0 Å². The molecule has 1 unspecified atom stereocenters. The Labute approximate surface area is 193 Å². The lowest BCUT2D eigenvalue weighted by atomic mass is 9.94. The highest BCUT2D eigenvalue weighted by molar-refractivity contribution is 7.82. The van der Waals surface area contributed by atoms with Crippen LogP contribution in [0, 0.1) is 5.95 Å². The molecule has 9 heteroatoms. The van der Waals surface area contributed by atoms with Crippen LogP contribution in [-0.4, -0.2) is 52.3 Å². The van der Waals surface area contributed by atoms with Crippen molar-refractivity contribution in [1.82, 2.24) is 14.6 Å². The van der Waals surface area contributed by atoms with Crippen LogP contribution in [0.15, 0.2) is 53.4 Å². The van der Waals surface area contributed by atoms with E-state index in [1.54, 1.807) is 42.5 Å². The minimum atomic E-state index is -1.29. The van der Waals surface area contributed by atoms with E-state index in [0.29, 0.717) is 60.0 Å². The maximum absolute atomic E-state index is 14.8. The van der Waals surface area contributed by atoms with Gasteiger partial charge in [0.25, 0.3) is 5.91 Å². The second-order valence-electron chi connectivity index (χ2n) is 7.95. The zero-order valence-corrected chi connectivity index (χ0v) is 18.7. The first kappa shape index (κ1) is 21.7. The van der Waals surface area contributed by atoms with E-state index in [1.807, 2.05) is 10.4 Å². The predicted molar refractivity (Wildman–Crippen MR) is 124 cm³/mol. The third-order valence-corrected chi connectivity index (χ3v) is 7.43. The monoisotopic (exact) mass is 466 g/mol. The van der Waals surface area contributed by atoms with Crippen LogP contribution in [0.3, 0.4) is 0 Å². The van der Waals surface area contributed by atoms with Crippen LogP contribution in [0.25, 0.3) is 22.3 Å². The number of nitrogens with two attached hydrogens (primary N) is 1. The van der Waals surface area contributed by atoms with Gasteiger partial charge in [-0.15, -0.1) is 0 Å². The molecule has 1 atom stereocenters. The molecule has 0 radical (unpaired) electrons. The average Bonchev–Trinajstić information content (AvgIpc) is 2.84. The Hall–Kier alpha value is -3.14. The summed E-state index contributed by atoms with van der Waals surface area (Å²) in [5, 5.41) is 2.82. The number of nitrogens with one attached hydrogen (secondary N) is 1. The first-order chi connectivity index (χ1) is 16.0. The third kappa shape index (κ3) is 4.27. The Bertz CT molecular complexity index is 1240. The molecular formula is C24H23FN4O3S. The van der Waals surface area contributed by atoms with E-state index in [0.717, 1.165) is 17.5 Å². The van der Waals surface area contributed by atoms with Crippen molar-refractivity contribution in [3.63, 3.8) is 0 Å². The number of rotatable bonds is 4. The molecule has 7 nitrogen and oxygen atoms in total. The third-order valence-electron chi connectivity index (χ3n) is 5.92. The van der Waals surface area contributed by atoms with E-state index in [-0.39, 0.29) is 11.7 Å². The summed E-state index contributed by atoms with van der Waals surface area (Å²) in [4.78, 5) is 16.6. The van der Waals surface area contributed by atoms with Gasteiger partial charge in [0, 0.05) is 36.3 Å². The summed E-state index contributed by atoms with van der Waals surface area (Å²) in [5.74, 6) is -0.680. The number of fused-ring (bicyclic) bond motifs is 1. The first-order valence-electron chi connectivity index (χ1n) is 10.7. The molecule has 1 fully saturated rings. The fourth-order valence-corrected chi connectivity index (χ4v) is 5.29. The largest absolute Gasteiger partial charge is 0.383 e. The lowest BCUT2D eigenvalue weighted by Gasteiger charge is -2.25. The normalized spacial score (nSPS) is 17.3. The molecule has 33 heavy (non-hydrogen) atoms. The van der Waals surface area contributed by atoms with Crippen molar-refractivity contribution in [1.29, 1.82) is 0 Å². The number of hydrogen-bond acceptors (Lipinski definition) is 5. The molecule has 0 saturated carbocycles. The predicted octanol–water partition coefficient (Wildman–Crippen LogP) is 2.78. The quantitative estimate of drug-likeness (QED) is 0.577. The lowest BCUT2D eigenvalue weighted by Crippen LogP contribution is -2.37. The van der Waals surface area contributed by atoms with Gasteiger partial charge in [0.05, 0.1) is 18.1 Å². The van der Waals surface area contributed by atoms with Crippen molar-refractivity contribution in [2.45, 2.75) is 11.3 Å². The summed E-state index contributed by atoms with van der Waals surface area (Å²) in [7, 11) is -1.29. The molecule has 3 aromatic rings. The van der Waals surface area contributed by atoms with Crippen LogP contribution < -0.4 is 11.1 Å². The molecular weight excluding hydrogens is 443 g/mol. The summed E-state index contributed by atoms with van der Waals surface area (Å²) in [6.07, 6.45) is 0.720. The maximum Gasteiger partial charge on any atom is 0.251 e. The Morgan fingerprint density at radius 2 is 1.73 bits per heavy atom. The number of amides is 1. The molecule has 2 aliphatic heterocycles. The number of carbonyl (C=O) groups excluding carboxylic acids is 1. The molecule has 5 rings (SSSR count). The topological polar surface area (TPSA) is 97.6 Å². The van der Waals surface area contributed by atoms with Crippen molar-refractivity contribution >= 4 is 22.7 Å². The van der Waals surface area contributed by atoms with Gasteiger partial charge in [0.15, 0.2) is 0 Å². The van der Waals surface area contributed by atoms with Gasteiger partial charge in [-0.2, -0.15) is 4.39 Å². The second kappa shape index (κ2) is 9.01. The Morgan fingerprint density at radius 1 is 1.00 bits per heavy atom. The molecule has 0 spiro atoms. The molecule has 1 amide bonds. The van der Waals surface area contributed by atoms with Gasteiger partial charge in [-0.1, -0.05) is 24.3 Å². The van der Waals surface area contributed by atoms with E-state index < -0.39 is 16.9 Å². The van der Waals surface area contributed by atoms with Gasteiger partial charge in [0.2, 0.25) is 5.95 Å². The number of carbonyl (C=O) groups is 1. The van der Waals surface area contributed by atoms with Crippen LogP contribution in [0.4, 0.5) is 10.2 Å². The van der Waals surface area contributed by atoms with E-state index in [9.17, 15) is 13.4 Å². The number of halogens is 1. The number of ether oxygens (including phenoxy) is 1. The number of pyridine rings is 1. The zero-order valence-electron chi connectivity index (χ0n) is 17.8. The summed E-state index contributed by atoms with van der Waals surface area (Å²) in [6.45, 7) is 2.91. The Morgan fingerprint density at radius 3 is 2.48 bits per heavy atom. The van der Waals surface area contributed by atoms with Crippen molar-refractivity contribution in [3.05, 3.63) is 65.6 Å². The number of hydrogen-bond donors (Lipinski definition) is 2. The summed E-state index contributed by atoms with van der Waals surface area (Å²) >= 11 is 0. The van der Waals surface area contributed by atoms with Gasteiger partial charge < -0.3 is 15.8 Å². The van der Waals surface area contributed by atoms with Crippen molar-refractivity contribution in [3.8, 4) is 22.3 Å². The molecule has 3 heterocycles. The lowest BCUT2D eigenvalue weighted by molar-refractivity contribution is 0.0752. The molecule has 170 valence electrons. The number of benzene rings is 2. The minimum Gasteiger partial charge on any atom is -0.383 e. The van der Waals surface area contributed by atoms with E-state index >= 15 is 0 Å². The highest BCUT2D eigenvalue weighted by atomic mass is 32.2. The number of anilines is 1. The molecule has 1 saturated heterocycles. The van der Waals surface area contributed by atoms with Crippen LogP contribution in [0.5, 0.6) is 0 Å². The first-order valence-corrected chi connectivity index (χ1v) is 11.8. The second-order valence-corrected chi connectivity index (χ2v) is 9.44. The molecule has 0 aliphatic carbocycles. The standard InChI is InChI=1S/C24H23FN4O3S/c25-22-20(15-1-4-18(5-2-15)33(31)29-9-11-32-12-10-29)14-21(23(26)28-22)16-3-6-19-17(13-16)7-8-27-24(19)30/h1-6,13-14H,7-12H2,(H2,26,28)(H,27,30). The van der Waals surface area contributed by atoms with Crippen LogP contribution >= 0.6 is 0 Å². The van der Waals surface area contributed by atoms with Crippen LogP contribution in [0.2, 0.25) is 0 Å². The van der Waals surface area contributed by atoms with Crippen molar-refractivity contribution in [2.24, 2.45) is 0 Å². The van der Waals surface area contributed by atoms with Gasteiger partial charge in [-0.3, -0.25) is 4.79 Å². The van der Waals surface area contributed by atoms with E-state index in [4.69, 9.17) is 10.5 Å². The fraction of sp³-hybridized carbons (Fsp3) is 0.250. The smallest absolute Gasteiger partial charge is 0.251 e. The molecule has 2 aromatic carbocycles. The number of nitrogens with zero attached hydrogens (tertiary/aromatic N) is 2. The van der Waals surface area contributed by atoms with Crippen molar-refractivity contribution < 1.29 is 18.1 Å². The van der Waals surface area contributed by atoms with Crippen molar-refractivity contribution in [2.75, 3.05) is 38.6 Å². The zero-order chi connectivity index (χ0) is 22.9. The average molecular weight is 467 g/mol. The van der Waals surface area contributed by atoms with Gasteiger partial charge in [-0.25, -0.2) is 13.5 Å². The summed E-state index contributed by atoms with van der Waals surface area (Å²) in [5.41, 5.74) is 9.92. The summed E-state index contributed by atoms with van der Waals surface area (Å²) < 4.78 is 34.7. The molecule has 2 aliphatic rings. The molecule has 1 aromatic heterocycles. The van der Waals surface area contributed by atoms with E-state index in [2.05, 4.69) is 10.3 Å². The Kier molecular flexibility index (Phi) is 5.92. The molecule has 0 bridgehead atoms. The van der Waals surface area contributed by atoms with Gasteiger partial charge in [0.1, 0.15) is 16.8 Å². The SMILES string of the molecule is Nc1nc(F)c(-c2ccc(S(=O)N3CCOCC3)cc2)cc1-c1ccc2c(c1)CCNC2=O. The van der Waals surface area contributed by atoms with Gasteiger partial charge >= 0.3 is 0 Å².